The van der Waals surface area contributed by atoms with Gasteiger partial charge in [-0.1, -0.05) is 17.7 Å². The maximum absolute atomic E-state index is 5.41. The number of nitrogens with one attached hydrogen (secondary N) is 2. The summed E-state index contributed by atoms with van der Waals surface area (Å²) in [5.41, 5.74) is 4.31. The lowest BCUT2D eigenvalue weighted by Crippen LogP contribution is -3.14. The Hall–Kier alpha value is -2.51. The van der Waals surface area contributed by atoms with Crippen molar-refractivity contribution in [2.24, 2.45) is 0 Å². The highest BCUT2D eigenvalue weighted by molar-refractivity contribution is 5.87. The van der Waals surface area contributed by atoms with E-state index in [2.05, 4.69) is 52.4 Å². The van der Waals surface area contributed by atoms with Crippen LogP contribution in [0, 0.1) is 13.8 Å². The lowest BCUT2D eigenvalue weighted by atomic mass is 10.1. The van der Waals surface area contributed by atoms with Gasteiger partial charge >= 0.3 is 0 Å². The van der Waals surface area contributed by atoms with Gasteiger partial charge in [0.2, 0.25) is 0 Å². The molecule has 1 aliphatic heterocycles. The minimum atomic E-state index is 0.832. The lowest BCUT2D eigenvalue weighted by Gasteiger charge is -2.23. The molecule has 7 nitrogen and oxygen atoms in total. The van der Waals surface area contributed by atoms with Crippen LogP contribution < -0.4 is 10.2 Å². The van der Waals surface area contributed by atoms with Crippen molar-refractivity contribution in [2.75, 3.05) is 44.7 Å². The average Bonchev–Trinajstić information content (AvgIpc) is 3.11. The lowest BCUT2D eigenvalue weighted by molar-refractivity contribution is -0.908. The smallest absolute Gasteiger partial charge is 0.168 e. The Morgan fingerprint density at radius 1 is 1.19 bits per heavy atom. The summed E-state index contributed by atoms with van der Waals surface area (Å²) >= 11 is 0. The molecule has 0 spiro atoms. The molecular weight excluding hydrogens is 340 g/mol. The van der Waals surface area contributed by atoms with Crippen LogP contribution in [-0.4, -0.2) is 59.1 Å². The van der Waals surface area contributed by atoms with E-state index in [9.17, 15) is 0 Å². The number of hydrogen-bond acceptors (Lipinski definition) is 5. The van der Waals surface area contributed by atoms with Gasteiger partial charge in [0, 0.05) is 13.0 Å². The zero-order chi connectivity index (χ0) is 18.6. The van der Waals surface area contributed by atoms with Gasteiger partial charge in [-0.3, -0.25) is 0 Å². The number of aromatic nitrogens is 4. The second-order valence-corrected chi connectivity index (χ2v) is 7.20. The number of morpholine rings is 1. The maximum Gasteiger partial charge on any atom is 0.168 e. The number of benzene rings is 1. The van der Waals surface area contributed by atoms with Gasteiger partial charge in [-0.2, -0.15) is 5.10 Å². The van der Waals surface area contributed by atoms with Gasteiger partial charge in [0.15, 0.2) is 5.65 Å². The number of anilines is 1. The van der Waals surface area contributed by atoms with Crippen LogP contribution in [0.15, 0.2) is 30.7 Å². The third-order valence-electron chi connectivity index (χ3n) is 5.15. The molecule has 0 bridgehead atoms. The highest BCUT2D eigenvalue weighted by Gasteiger charge is 2.14. The van der Waals surface area contributed by atoms with E-state index >= 15 is 0 Å². The fraction of sp³-hybridized carbons (Fsp3) is 0.450. The Morgan fingerprint density at radius 2 is 2.04 bits per heavy atom. The largest absolute Gasteiger partial charge is 0.370 e. The summed E-state index contributed by atoms with van der Waals surface area (Å²) in [5, 5.41) is 9.00. The van der Waals surface area contributed by atoms with Crippen LogP contribution in [0.3, 0.4) is 0 Å². The minimum absolute atomic E-state index is 0.832. The van der Waals surface area contributed by atoms with Gasteiger partial charge in [-0.25, -0.2) is 14.6 Å². The summed E-state index contributed by atoms with van der Waals surface area (Å²) in [7, 11) is 0. The maximum atomic E-state index is 5.41. The predicted octanol–water partition coefficient (Wildman–Crippen LogP) is 1.15. The summed E-state index contributed by atoms with van der Waals surface area (Å²) in [6, 6.07) is 6.36. The molecule has 0 atom stereocenters. The van der Waals surface area contributed by atoms with Crippen molar-refractivity contribution >= 4 is 16.9 Å². The van der Waals surface area contributed by atoms with E-state index in [-0.39, 0.29) is 0 Å². The fourth-order valence-electron chi connectivity index (χ4n) is 3.66. The Bertz CT molecular complexity index is 916. The first kappa shape index (κ1) is 17.9. The van der Waals surface area contributed by atoms with Crippen molar-refractivity contribution in [3.63, 3.8) is 0 Å². The number of ether oxygens (including phenoxy) is 1. The van der Waals surface area contributed by atoms with Gasteiger partial charge in [0.1, 0.15) is 25.2 Å². The zero-order valence-corrected chi connectivity index (χ0v) is 16.0. The molecule has 0 aliphatic carbocycles. The fourth-order valence-corrected chi connectivity index (χ4v) is 3.66. The number of quaternary nitrogens is 1. The van der Waals surface area contributed by atoms with E-state index in [0.717, 1.165) is 68.4 Å². The van der Waals surface area contributed by atoms with Crippen LogP contribution in [0.2, 0.25) is 0 Å². The molecule has 0 saturated carbocycles. The summed E-state index contributed by atoms with van der Waals surface area (Å²) < 4.78 is 7.31. The zero-order valence-electron chi connectivity index (χ0n) is 16.0. The third-order valence-corrected chi connectivity index (χ3v) is 5.15. The van der Waals surface area contributed by atoms with Crippen LogP contribution >= 0.6 is 0 Å². The topological polar surface area (TPSA) is 69.3 Å². The Kier molecular flexibility index (Phi) is 5.31. The van der Waals surface area contributed by atoms with Gasteiger partial charge < -0.3 is 15.0 Å². The second kappa shape index (κ2) is 8.02. The standard InChI is InChI=1S/C20H26N6O/c1-15-4-5-18(16(2)12-15)26-20-17(13-24-26)19(22-14-23-20)21-6-3-7-25-8-10-27-11-9-25/h4-5,12-14H,3,6-11H2,1-2H3,(H,21,22,23)/p+1. The molecule has 1 fully saturated rings. The SMILES string of the molecule is Cc1ccc(-n2ncc3c(NCCC[NH+]4CCOCC4)ncnc32)c(C)c1. The molecule has 4 rings (SSSR count). The molecule has 2 N–H and O–H groups in total. The summed E-state index contributed by atoms with van der Waals surface area (Å²) in [6.45, 7) is 10.2. The predicted molar refractivity (Wildman–Crippen MR) is 106 cm³/mol. The van der Waals surface area contributed by atoms with Crippen LogP contribution in [0.1, 0.15) is 17.5 Å². The van der Waals surface area contributed by atoms with E-state index in [4.69, 9.17) is 4.74 Å². The Morgan fingerprint density at radius 3 is 2.85 bits per heavy atom. The van der Waals surface area contributed by atoms with E-state index in [1.165, 1.54) is 11.1 Å². The molecule has 142 valence electrons. The van der Waals surface area contributed by atoms with Crippen LogP contribution in [0.4, 0.5) is 5.82 Å². The number of rotatable bonds is 6. The van der Waals surface area contributed by atoms with Crippen LogP contribution in [0.25, 0.3) is 16.7 Å². The second-order valence-electron chi connectivity index (χ2n) is 7.20. The first-order valence-electron chi connectivity index (χ1n) is 9.64. The van der Waals surface area contributed by atoms with Gasteiger partial charge in [0.25, 0.3) is 0 Å². The van der Waals surface area contributed by atoms with E-state index in [1.54, 1.807) is 11.2 Å². The summed E-state index contributed by atoms with van der Waals surface area (Å²) in [5.74, 6) is 0.855. The monoisotopic (exact) mass is 367 g/mol. The summed E-state index contributed by atoms with van der Waals surface area (Å²) in [4.78, 5) is 10.5. The Balaban J connectivity index is 1.47. The number of aryl methyl sites for hydroxylation is 2. The van der Waals surface area contributed by atoms with E-state index in [1.807, 2.05) is 10.9 Å². The highest BCUT2D eigenvalue weighted by atomic mass is 16.5. The van der Waals surface area contributed by atoms with Crippen molar-refractivity contribution in [1.29, 1.82) is 0 Å². The van der Waals surface area contributed by atoms with Gasteiger partial charge in [-0.15, -0.1) is 0 Å². The number of fused-ring (bicyclic) bond motifs is 1. The Labute approximate surface area is 159 Å². The molecule has 0 unspecified atom stereocenters. The molecule has 1 saturated heterocycles. The molecular formula is C20H27N6O+. The molecule has 0 amide bonds. The van der Waals surface area contributed by atoms with Crippen molar-refractivity contribution in [1.82, 2.24) is 19.7 Å². The average molecular weight is 367 g/mol. The third kappa shape index (κ3) is 3.94. The minimum Gasteiger partial charge on any atom is -0.370 e. The van der Waals surface area contributed by atoms with Gasteiger partial charge in [0.05, 0.1) is 37.0 Å². The molecule has 1 aromatic carbocycles. The molecule has 3 aromatic rings. The molecule has 1 aliphatic rings. The van der Waals surface area contributed by atoms with E-state index in [0.29, 0.717) is 0 Å². The summed E-state index contributed by atoms with van der Waals surface area (Å²) in [6.07, 6.45) is 4.57. The van der Waals surface area contributed by atoms with Crippen molar-refractivity contribution in [3.05, 3.63) is 41.9 Å². The molecule has 7 heteroatoms. The van der Waals surface area contributed by atoms with Crippen LogP contribution in [0.5, 0.6) is 0 Å². The number of hydrogen-bond donors (Lipinski definition) is 2. The quantitative estimate of drug-likeness (QED) is 0.640. The van der Waals surface area contributed by atoms with Crippen molar-refractivity contribution < 1.29 is 9.64 Å². The first-order chi connectivity index (χ1) is 13.2. The van der Waals surface area contributed by atoms with Crippen molar-refractivity contribution in [2.45, 2.75) is 20.3 Å². The van der Waals surface area contributed by atoms with Gasteiger partial charge in [-0.05, 0) is 25.5 Å². The molecule has 3 heterocycles. The molecule has 2 aromatic heterocycles. The molecule has 0 radical (unpaired) electrons. The van der Waals surface area contributed by atoms with E-state index < -0.39 is 0 Å². The van der Waals surface area contributed by atoms with Crippen LogP contribution in [-0.2, 0) is 4.74 Å². The first-order valence-corrected chi connectivity index (χ1v) is 9.64. The normalized spacial score (nSPS) is 15.3. The van der Waals surface area contributed by atoms with Crippen molar-refractivity contribution in [3.8, 4) is 5.69 Å². The highest BCUT2D eigenvalue weighted by Crippen LogP contribution is 2.23. The molecule has 27 heavy (non-hydrogen) atoms. The number of nitrogens with zero attached hydrogens (tertiary/aromatic N) is 4.